The Morgan fingerprint density at radius 2 is 2.13 bits per heavy atom. The van der Waals surface area contributed by atoms with Crippen molar-refractivity contribution in [2.45, 2.75) is 82.1 Å². The molecule has 0 amide bonds. The summed E-state index contributed by atoms with van der Waals surface area (Å²) in [6, 6.07) is 7.13. The highest BCUT2D eigenvalue weighted by Crippen LogP contribution is 2.62. The molecule has 30 heavy (non-hydrogen) atoms. The summed E-state index contributed by atoms with van der Waals surface area (Å²) in [5, 5.41) is 9.35. The Hall–Kier alpha value is -1.77. The lowest BCUT2D eigenvalue weighted by Crippen LogP contribution is -2.63. The van der Waals surface area contributed by atoms with Gasteiger partial charge in [0, 0.05) is 47.9 Å². The molecule has 1 aromatic rings. The van der Waals surface area contributed by atoms with Crippen LogP contribution in [-0.2, 0) is 11.8 Å². The fourth-order valence-corrected chi connectivity index (χ4v) is 7.15. The normalized spacial score (nSPS) is 31.7. The van der Waals surface area contributed by atoms with Gasteiger partial charge in [-0.15, -0.1) is 0 Å². The van der Waals surface area contributed by atoms with Crippen LogP contribution < -0.4 is 9.16 Å². The van der Waals surface area contributed by atoms with Gasteiger partial charge in [0.1, 0.15) is 17.6 Å². The van der Waals surface area contributed by atoms with Gasteiger partial charge in [0.25, 0.3) is 0 Å². The Bertz CT molecular complexity index is 942. The van der Waals surface area contributed by atoms with Gasteiger partial charge in [-0.3, -0.25) is 4.90 Å². The largest absolute Gasteiger partial charge is 0.543 e. The second kappa shape index (κ2) is 6.61. The van der Waals surface area contributed by atoms with Crippen LogP contribution >= 0.6 is 0 Å². The van der Waals surface area contributed by atoms with E-state index in [2.05, 4.69) is 69.1 Å². The Kier molecular flexibility index (Phi) is 4.44. The first-order valence-corrected chi connectivity index (χ1v) is 14.4. The van der Waals surface area contributed by atoms with E-state index in [9.17, 15) is 5.26 Å². The molecule has 2 bridgehead atoms. The van der Waals surface area contributed by atoms with Crippen molar-refractivity contribution in [3.63, 3.8) is 0 Å². The van der Waals surface area contributed by atoms with Crippen molar-refractivity contribution in [2.75, 3.05) is 13.1 Å². The highest BCUT2D eigenvalue weighted by Gasteiger charge is 2.62. The Balaban J connectivity index is 1.63. The summed E-state index contributed by atoms with van der Waals surface area (Å²) in [7, 11) is -1.94. The summed E-state index contributed by atoms with van der Waals surface area (Å²) < 4.78 is 13.5. The molecule has 4 aliphatic rings. The van der Waals surface area contributed by atoms with Crippen LogP contribution in [0.5, 0.6) is 11.5 Å². The first-order valence-electron chi connectivity index (χ1n) is 11.5. The molecule has 1 spiro atoms. The van der Waals surface area contributed by atoms with Crippen molar-refractivity contribution < 1.29 is 9.16 Å². The van der Waals surface area contributed by atoms with Crippen LogP contribution in [0.4, 0.5) is 0 Å². The third-order valence-electron chi connectivity index (χ3n) is 8.62. The summed E-state index contributed by atoms with van der Waals surface area (Å²) in [6.07, 6.45) is 8.73. The molecule has 1 unspecified atom stereocenters. The monoisotopic (exact) mass is 422 g/mol. The fourth-order valence-electron chi connectivity index (χ4n) is 6.10. The molecule has 2 aliphatic carbocycles. The molecule has 1 fully saturated rings. The topological polar surface area (TPSA) is 45.5 Å². The SMILES string of the molecule is CC(C)(C)[Si](C)(C)Oc1ccc2c3c1C[C@@H]1[C@@H]4C=CCC(O2)[C@]34CCN1CCC#N. The van der Waals surface area contributed by atoms with Crippen LogP contribution in [0.3, 0.4) is 0 Å². The second-order valence-corrected chi connectivity index (χ2v) is 15.8. The standard InChI is InChI=1S/C25H34N2O2Si/c1-24(2,3)30(4,5)29-20-10-11-21-23-17(20)16-19-18-8-6-9-22(28-21)25(18,23)12-15-27(19)14-7-13-26/h6,8,10-11,18-19,22H,7,9,12,14-16H2,1-5H3/t18-,19+,22?,25+/m0/s1. The van der Waals surface area contributed by atoms with Gasteiger partial charge < -0.3 is 9.16 Å². The minimum absolute atomic E-state index is 0.0816. The van der Waals surface area contributed by atoms with Crippen LogP contribution in [-0.4, -0.2) is 38.5 Å². The van der Waals surface area contributed by atoms with E-state index in [4.69, 9.17) is 9.16 Å². The summed E-state index contributed by atoms with van der Waals surface area (Å²) in [4.78, 5) is 2.57. The third kappa shape index (κ3) is 2.66. The predicted octanol–water partition coefficient (Wildman–Crippen LogP) is 5.19. The lowest BCUT2D eigenvalue weighted by molar-refractivity contribution is -0.00870. The van der Waals surface area contributed by atoms with Crippen molar-refractivity contribution >= 4 is 8.32 Å². The maximum Gasteiger partial charge on any atom is 0.250 e. The predicted molar refractivity (Wildman–Crippen MR) is 122 cm³/mol. The number of ether oxygens (including phenoxy) is 1. The van der Waals surface area contributed by atoms with Crippen molar-refractivity contribution in [3.05, 3.63) is 35.4 Å². The van der Waals surface area contributed by atoms with Crippen LogP contribution in [0.2, 0.25) is 18.1 Å². The minimum atomic E-state index is -1.94. The van der Waals surface area contributed by atoms with E-state index in [1.54, 1.807) is 0 Å². The second-order valence-electron chi connectivity index (χ2n) is 11.1. The maximum atomic E-state index is 9.18. The molecular weight excluding hydrogens is 388 g/mol. The van der Waals surface area contributed by atoms with Crippen LogP contribution in [0.1, 0.15) is 51.2 Å². The molecule has 5 rings (SSSR count). The summed E-state index contributed by atoms with van der Waals surface area (Å²) in [5.41, 5.74) is 2.92. The van der Waals surface area contributed by atoms with Crippen molar-refractivity contribution in [1.82, 2.24) is 4.90 Å². The van der Waals surface area contributed by atoms with Crippen molar-refractivity contribution in [3.8, 4) is 17.6 Å². The van der Waals surface area contributed by atoms with Crippen LogP contribution in [0.15, 0.2) is 24.3 Å². The Labute approximate surface area is 182 Å². The molecule has 160 valence electrons. The quantitative estimate of drug-likeness (QED) is 0.495. The van der Waals surface area contributed by atoms with Gasteiger partial charge in [0.05, 0.1) is 6.07 Å². The van der Waals surface area contributed by atoms with Gasteiger partial charge in [0.2, 0.25) is 8.32 Å². The van der Waals surface area contributed by atoms with Crippen molar-refractivity contribution in [2.24, 2.45) is 5.92 Å². The molecule has 4 nitrogen and oxygen atoms in total. The zero-order valence-electron chi connectivity index (χ0n) is 19.0. The van der Waals surface area contributed by atoms with E-state index in [0.717, 1.165) is 43.9 Å². The highest BCUT2D eigenvalue weighted by atomic mass is 28.4. The van der Waals surface area contributed by atoms with Gasteiger partial charge in [-0.25, -0.2) is 0 Å². The van der Waals surface area contributed by atoms with E-state index in [1.165, 1.54) is 11.1 Å². The van der Waals surface area contributed by atoms with Crippen LogP contribution in [0, 0.1) is 17.2 Å². The fraction of sp³-hybridized carbons (Fsp3) is 0.640. The number of benzene rings is 1. The Morgan fingerprint density at radius 1 is 1.33 bits per heavy atom. The lowest BCUT2D eigenvalue weighted by Gasteiger charge is -2.56. The number of nitriles is 1. The molecule has 1 aromatic carbocycles. The van der Waals surface area contributed by atoms with Gasteiger partial charge in [0.15, 0.2) is 0 Å². The van der Waals surface area contributed by atoms with Gasteiger partial charge in [-0.2, -0.15) is 5.26 Å². The molecule has 2 aliphatic heterocycles. The number of hydrogen-bond acceptors (Lipinski definition) is 4. The number of likely N-dealkylation sites (tertiary alicyclic amines) is 1. The molecule has 0 aromatic heterocycles. The average Bonchev–Trinajstić information content (AvgIpc) is 3.00. The number of piperidine rings is 1. The molecule has 4 atom stereocenters. The van der Waals surface area contributed by atoms with Gasteiger partial charge >= 0.3 is 0 Å². The number of nitrogens with zero attached hydrogens (tertiary/aromatic N) is 2. The third-order valence-corrected chi connectivity index (χ3v) is 13.0. The van der Waals surface area contributed by atoms with E-state index >= 15 is 0 Å². The molecule has 1 saturated heterocycles. The van der Waals surface area contributed by atoms with Gasteiger partial charge in [-0.1, -0.05) is 32.9 Å². The minimum Gasteiger partial charge on any atom is -0.543 e. The lowest BCUT2D eigenvalue weighted by atomic mass is 9.53. The molecule has 0 saturated carbocycles. The zero-order chi connectivity index (χ0) is 21.3. The molecule has 5 heteroatoms. The molecule has 2 heterocycles. The average molecular weight is 423 g/mol. The van der Waals surface area contributed by atoms with Crippen molar-refractivity contribution in [1.29, 1.82) is 5.26 Å². The van der Waals surface area contributed by atoms with E-state index in [-0.39, 0.29) is 16.6 Å². The van der Waals surface area contributed by atoms with E-state index < -0.39 is 8.32 Å². The first-order chi connectivity index (χ1) is 14.2. The molecule has 0 radical (unpaired) electrons. The maximum absolute atomic E-state index is 9.18. The van der Waals surface area contributed by atoms with Crippen LogP contribution in [0.25, 0.3) is 0 Å². The zero-order valence-corrected chi connectivity index (χ0v) is 20.0. The smallest absolute Gasteiger partial charge is 0.250 e. The summed E-state index contributed by atoms with van der Waals surface area (Å²) in [5.74, 6) is 2.65. The number of rotatable bonds is 4. The number of hydrogen-bond donors (Lipinski definition) is 0. The molecular formula is C25H34N2O2Si. The highest BCUT2D eigenvalue weighted by molar-refractivity contribution is 6.74. The van der Waals surface area contributed by atoms with E-state index in [1.807, 2.05) is 0 Å². The molecule has 0 N–H and O–H groups in total. The summed E-state index contributed by atoms with van der Waals surface area (Å²) in [6.45, 7) is 13.5. The summed E-state index contributed by atoms with van der Waals surface area (Å²) >= 11 is 0. The Morgan fingerprint density at radius 3 is 2.87 bits per heavy atom. The van der Waals surface area contributed by atoms with E-state index in [0.29, 0.717) is 18.4 Å². The first kappa shape index (κ1) is 20.1. The van der Waals surface area contributed by atoms with Gasteiger partial charge in [-0.05, 0) is 49.7 Å².